The first-order valence-electron chi connectivity index (χ1n) is 9.71. The highest BCUT2D eigenvalue weighted by Gasteiger charge is 2.28. The van der Waals surface area contributed by atoms with Crippen LogP contribution in [0.5, 0.6) is 0 Å². The molecule has 4 aromatic rings. The van der Waals surface area contributed by atoms with Crippen LogP contribution in [-0.4, -0.2) is 11.8 Å². The van der Waals surface area contributed by atoms with E-state index in [-0.39, 0.29) is 11.8 Å². The van der Waals surface area contributed by atoms with E-state index in [1.165, 1.54) is 15.7 Å². The number of imide groups is 1. The molecule has 4 rings (SSSR count). The average molecular weight is 442 g/mol. The molecule has 0 aliphatic carbocycles. The molecule has 31 heavy (non-hydrogen) atoms. The van der Waals surface area contributed by atoms with E-state index >= 15 is 0 Å². The fourth-order valence-corrected chi connectivity index (χ4v) is 5.16. The van der Waals surface area contributed by atoms with Crippen molar-refractivity contribution in [3.63, 3.8) is 0 Å². The van der Waals surface area contributed by atoms with Crippen molar-refractivity contribution in [2.24, 2.45) is 0 Å². The van der Waals surface area contributed by atoms with E-state index in [1.54, 1.807) is 59.3 Å². The Bertz CT molecular complexity index is 1110. The zero-order chi connectivity index (χ0) is 21.5. The van der Waals surface area contributed by atoms with Gasteiger partial charge in [-0.15, -0.1) is 0 Å². The van der Waals surface area contributed by atoms with Crippen LogP contribution in [0.3, 0.4) is 0 Å². The van der Waals surface area contributed by atoms with Crippen LogP contribution < -0.4 is 4.90 Å². The fourth-order valence-electron chi connectivity index (χ4n) is 3.01. The summed E-state index contributed by atoms with van der Waals surface area (Å²) in [5, 5.41) is 0. The summed E-state index contributed by atoms with van der Waals surface area (Å²) in [5.74, 6) is -0.709. The van der Waals surface area contributed by atoms with Gasteiger partial charge in [0, 0.05) is 20.9 Å². The maximum atomic E-state index is 13.5. The van der Waals surface area contributed by atoms with Gasteiger partial charge in [0.1, 0.15) is 0 Å². The van der Waals surface area contributed by atoms with Crippen molar-refractivity contribution in [1.29, 1.82) is 0 Å². The summed E-state index contributed by atoms with van der Waals surface area (Å²) in [7, 11) is 3.11. The Balaban J connectivity index is 1.73. The number of rotatable bonds is 6. The summed E-state index contributed by atoms with van der Waals surface area (Å²) in [5.41, 5.74) is 1.49. The van der Waals surface area contributed by atoms with Gasteiger partial charge in [-0.1, -0.05) is 88.3 Å². The van der Waals surface area contributed by atoms with Crippen LogP contribution in [0.15, 0.2) is 125 Å². The van der Waals surface area contributed by atoms with Crippen LogP contribution in [0.2, 0.25) is 0 Å². The van der Waals surface area contributed by atoms with Gasteiger partial charge in [0.15, 0.2) is 0 Å². The lowest BCUT2D eigenvalue weighted by Crippen LogP contribution is -2.37. The molecule has 2 amide bonds. The molecule has 0 aliphatic heterocycles. The maximum Gasteiger partial charge on any atom is 0.265 e. The van der Waals surface area contributed by atoms with E-state index in [0.29, 0.717) is 16.8 Å². The van der Waals surface area contributed by atoms with E-state index in [2.05, 4.69) is 0 Å². The molecule has 4 aromatic carbocycles. The average Bonchev–Trinajstić information content (AvgIpc) is 2.85. The van der Waals surface area contributed by atoms with Crippen molar-refractivity contribution in [1.82, 2.24) is 0 Å². The van der Waals surface area contributed by atoms with Gasteiger partial charge in [-0.05, 0) is 48.5 Å². The Morgan fingerprint density at radius 3 is 1.52 bits per heavy atom. The summed E-state index contributed by atoms with van der Waals surface area (Å²) in [6.45, 7) is 0. The molecule has 0 heterocycles. The molecule has 0 radical (unpaired) electrons. The third-order valence-electron chi connectivity index (χ3n) is 4.52. The van der Waals surface area contributed by atoms with Crippen molar-refractivity contribution >= 4 is 39.1 Å². The third kappa shape index (κ3) is 5.08. The Hall–Kier alpha value is -3.28. The van der Waals surface area contributed by atoms with E-state index in [1.807, 2.05) is 66.7 Å². The van der Waals surface area contributed by atoms with E-state index in [0.717, 1.165) is 9.79 Å². The number of nitrogens with zero attached hydrogens (tertiary/aromatic N) is 1. The summed E-state index contributed by atoms with van der Waals surface area (Å²) in [6, 6.07) is 35.3. The van der Waals surface area contributed by atoms with Gasteiger partial charge in [-0.2, -0.15) is 0 Å². The van der Waals surface area contributed by atoms with Gasteiger partial charge < -0.3 is 0 Å². The van der Waals surface area contributed by atoms with Crippen LogP contribution in [0.1, 0.15) is 20.7 Å². The van der Waals surface area contributed by atoms with E-state index in [4.69, 9.17) is 0 Å². The number of carbonyl (C=O) groups excluding carboxylic acids is 2. The number of hydrogen-bond acceptors (Lipinski definition) is 4. The predicted molar refractivity (Wildman–Crippen MR) is 129 cm³/mol. The number of amides is 2. The smallest absolute Gasteiger partial charge is 0.265 e. The monoisotopic (exact) mass is 441 g/mol. The van der Waals surface area contributed by atoms with E-state index < -0.39 is 0 Å². The highest BCUT2D eigenvalue weighted by Crippen LogP contribution is 2.42. The topological polar surface area (TPSA) is 37.4 Å². The second-order valence-electron chi connectivity index (χ2n) is 6.63. The van der Waals surface area contributed by atoms with Crippen LogP contribution in [0, 0.1) is 0 Å². The zero-order valence-electron chi connectivity index (χ0n) is 16.5. The summed E-state index contributed by atoms with van der Waals surface area (Å²) in [4.78, 5) is 30.2. The van der Waals surface area contributed by atoms with Gasteiger partial charge in [-0.3, -0.25) is 9.59 Å². The highest BCUT2D eigenvalue weighted by atomic mass is 33.1. The summed E-state index contributed by atoms with van der Waals surface area (Å²) in [6.07, 6.45) is 0. The van der Waals surface area contributed by atoms with Crippen molar-refractivity contribution in [3.05, 3.63) is 126 Å². The molecule has 0 spiro atoms. The van der Waals surface area contributed by atoms with Gasteiger partial charge in [-0.25, -0.2) is 4.90 Å². The molecule has 0 fully saturated rings. The molecule has 0 N–H and O–H groups in total. The minimum absolute atomic E-state index is 0.354. The summed E-state index contributed by atoms with van der Waals surface area (Å²) < 4.78 is 0. The number of para-hydroxylation sites is 1. The summed E-state index contributed by atoms with van der Waals surface area (Å²) >= 11 is 0. The molecule has 152 valence electrons. The largest absolute Gasteiger partial charge is 0.268 e. The van der Waals surface area contributed by atoms with Crippen LogP contribution in [0.4, 0.5) is 5.69 Å². The van der Waals surface area contributed by atoms with Gasteiger partial charge >= 0.3 is 0 Å². The minimum atomic E-state index is -0.354. The van der Waals surface area contributed by atoms with Crippen molar-refractivity contribution < 1.29 is 9.59 Å². The molecule has 0 unspecified atom stereocenters. The quantitative estimate of drug-likeness (QED) is 0.239. The highest BCUT2D eigenvalue weighted by molar-refractivity contribution is 8.76. The Kier molecular flexibility index (Phi) is 6.87. The Morgan fingerprint density at radius 2 is 0.968 bits per heavy atom. The van der Waals surface area contributed by atoms with E-state index in [9.17, 15) is 9.59 Å². The molecular weight excluding hydrogens is 422 g/mol. The zero-order valence-corrected chi connectivity index (χ0v) is 18.2. The molecule has 0 aliphatic rings. The number of anilines is 1. The Morgan fingerprint density at radius 1 is 0.516 bits per heavy atom. The van der Waals surface area contributed by atoms with Crippen molar-refractivity contribution in [2.45, 2.75) is 9.79 Å². The first kappa shape index (κ1) is 21.0. The lowest BCUT2D eigenvalue weighted by molar-refractivity contribution is 0.0897. The van der Waals surface area contributed by atoms with Crippen molar-refractivity contribution in [2.75, 3.05) is 4.90 Å². The molecule has 3 nitrogen and oxygen atoms in total. The molecule has 0 saturated heterocycles. The van der Waals surface area contributed by atoms with Gasteiger partial charge in [0.2, 0.25) is 0 Å². The minimum Gasteiger partial charge on any atom is -0.268 e. The number of hydrogen-bond donors (Lipinski definition) is 0. The third-order valence-corrected chi connectivity index (χ3v) is 6.96. The first-order chi connectivity index (χ1) is 15.2. The van der Waals surface area contributed by atoms with Gasteiger partial charge in [0.25, 0.3) is 11.8 Å². The Labute approximate surface area is 189 Å². The first-order valence-corrected chi connectivity index (χ1v) is 11.9. The standard InChI is InChI=1S/C26H19NO2S2/c28-25(20-12-4-1-5-13-20)27(26(29)21-14-6-2-7-15-21)23-18-10-11-19-24(23)31-30-22-16-8-3-9-17-22/h1-19H. The lowest BCUT2D eigenvalue weighted by atomic mass is 10.1. The van der Waals surface area contributed by atoms with Crippen LogP contribution >= 0.6 is 21.6 Å². The van der Waals surface area contributed by atoms with Crippen LogP contribution in [0.25, 0.3) is 0 Å². The second kappa shape index (κ2) is 10.2. The molecular formula is C26H19NO2S2. The molecule has 0 aromatic heterocycles. The number of benzene rings is 4. The number of carbonyl (C=O) groups is 2. The molecule has 0 atom stereocenters. The van der Waals surface area contributed by atoms with Gasteiger partial charge in [0.05, 0.1) is 5.69 Å². The fraction of sp³-hybridized carbons (Fsp3) is 0. The SMILES string of the molecule is O=C(c1ccccc1)N(C(=O)c1ccccc1)c1ccccc1SSc1ccccc1. The normalized spacial score (nSPS) is 10.5. The maximum absolute atomic E-state index is 13.5. The van der Waals surface area contributed by atoms with Crippen LogP contribution in [-0.2, 0) is 0 Å². The predicted octanol–water partition coefficient (Wildman–Crippen LogP) is 6.97. The second-order valence-corrected chi connectivity index (χ2v) is 8.87. The molecule has 5 heteroatoms. The molecule has 0 bridgehead atoms. The van der Waals surface area contributed by atoms with Crippen molar-refractivity contribution in [3.8, 4) is 0 Å². The lowest BCUT2D eigenvalue weighted by Gasteiger charge is -2.23. The molecule has 0 saturated carbocycles.